The van der Waals surface area contributed by atoms with E-state index in [4.69, 9.17) is 0 Å². The van der Waals surface area contributed by atoms with E-state index in [9.17, 15) is 44.3 Å². The number of alkyl halides is 9. The summed E-state index contributed by atoms with van der Waals surface area (Å²) in [6.07, 6.45) is -15.9. The molecule has 2 aromatic rings. The summed E-state index contributed by atoms with van der Waals surface area (Å²) in [5.41, 5.74) is -4.59. The van der Waals surface area contributed by atoms with Crippen molar-refractivity contribution < 1.29 is 44.3 Å². The van der Waals surface area contributed by atoms with Crippen LogP contribution >= 0.6 is 0 Å². The number of carbonyl (C=O) groups is 1. The Balaban J connectivity index is 2.21. The van der Waals surface area contributed by atoms with Crippen LogP contribution in [0.15, 0.2) is 36.4 Å². The molecule has 1 aliphatic rings. The van der Waals surface area contributed by atoms with Crippen molar-refractivity contribution in [3.05, 3.63) is 58.7 Å². The van der Waals surface area contributed by atoms with Crippen LogP contribution < -0.4 is 0 Å². The van der Waals surface area contributed by atoms with Gasteiger partial charge in [-0.1, -0.05) is 18.2 Å². The Morgan fingerprint density at radius 1 is 0.750 bits per heavy atom. The molecule has 0 fully saturated rings. The fourth-order valence-corrected chi connectivity index (χ4v) is 3.17. The molecule has 3 rings (SSSR count). The van der Waals surface area contributed by atoms with Crippen LogP contribution in [-0.4, -0.2) is 12.0 Å². The van der Waals surface area contributed by atoms with Crippen molar-refractivity contribution in [2.45, 2.75) is 24.9 Å². The van der Waals surface area contributed by atoms with Gasteiger partial charge in [0.1, 0.15) is 5.92 Å². The summed E-state index contributed by atoms with van der Waals surface area (Å²) >= 11 is 0. The maximum Gasteiger partial charge on any atom is 0.416 e. The van der Waals surface area contributed by atoms with E-state index < -0.39 is 53.3 Å². The van der Waals surface area contributed by atoms with Crippen molar-refractivity contribution in [2.75, 3.05) is 0 Å². The fraction of sp³-hybridized carbons (Fsp3) is 0.278. The van der Waals surface area contributed by atoms with E-state index in [1.165, 1.54) is 0 Å². The van der Waals surface area contributed by atoms with E-state index in [1.54, 1.807) is 0 Å². The second kappa shape index (κ2) is 6.25. The lowest BCUT2D eigenvalue weighted by molar-refractivity contribution is -0.158. The van der Waals surface area contributed by atoms with Gasteiger partial charge in [0.2, 0.25) is 0 Å². The van der Waals surface area contributed by atoms with Crippen LogP contribution in [-0.2, 0) is 18.8 Å². The van der Waals surface area contributed by atoms with Crippen LogP contribution in [0.2, 0.25) is 0 Å². The maximum absolute atomic E-state index is 13.0. The van der Waals surface area contributed by atoms with Crippen molar-refractivity contribution in [3.63, 3.8) is 0 Å². The van der Waals surface area contributed by atoms with E-state index in [0.29, 0.717) is 12.1 Å². The van der Waals surface area contributed by atoms with E-state index in [0.717, 1.165) is 18.2 Å². The largest absolute Gasteiger partial charge is 0.416 e. The lowest BCUT2D eigenvalue weighted by Crippen LogP contribution is -2.27. The fourth-order valence-electron chi connectivity index (χ4n) is 3.17. The van der Waals surface area contributed by atoms with Gasteiger partial charge in [-0.05, 0) is 41.3 Å². The summed E-state index contributed by atoms with van der Waals surface area (Å²) in [5.74, 6) is -3.64. The van der Waals surface area contributed by atoms with Gasteiger partial charge in [0, 0.05) is 5.56 Å². The molecule has 0 aliphatic heterocycles. The second-order valence-corrected chi connectivity index (χ2v) is 6.29. The number of carbonyl (C=O) groups excluding carboxylic acids is 1. The average Bonchev–Trinajstić information content (AvgIpc) is 2.90. The Morgan fingerprint density at radius 2 is 1.25 bits per heavy atom. The molecule has 150 valence electrons. The molecule has 0 radical (unpaired) electrons. The number of benzene rings is 2. The van der Waals surface area contributed by atoms with E-state index in [2.05, 4.69) is 0 Å². The Kier molecular flexibility index (Phi) is 4.51. The number of rotatable bonds is 1. The molecule has 10 heteroatoms. The molecular formula is C18H9F9O. The lowest BCUT2D eigenvalue weighted by atomic mass is 9.93. The van der Waals surface area contributed by atoms with Crippen LogP contribution in [0.5, 0.6) is 0 Å². The minimum Gasteiger partial charge on any atom is -0.293 e. The SMILES string of the molecule is O=C1c2cccc(-c3cc(C(F)(F)F)cc(C(F)(F)F)c3)c2CC1C(F)(F)F. The molecule has 2 aromatic carbocycles. The first-order valence-corrected chi connectivity index (χ1v) is 7.72. The number of ketones is 1. The Hall–Kier alpha value is -2.52. The molecule has 0 aromatic heterocycles. The van der Waals surface area contributed by atoms with Crippen molar-refractivity contribution in [1.29, 1.82) is 0 Å². The van der Waals surface area contributed by atoms with Crippen LogP contribution in [0, 0.1) is 5.92 Å². The molecule has 1 unspecified atom stereocenters. The van der Waals surface area contributed by atoms with Crippen molar-refractivity contribution in [2.24, 2.45) is 5.92 Å². The molecule has 1 nitrogen and oxygen atoms in total. The van der Waals surface area contributed by atoms with E-state index in [1.807, 2.05) is 0 Å². The number of Topliss-reactive ketones (excluding diaryl/α,β-unsaturated/α-hetero) is 1. The van der Waals surface area contributed by atoms with Crippen molar-refractivity contribution in [1.82, 2.24) is 0 Å². The lowest BCUT2D eigenvalue weighted by Gasteiger charge is -2.16. The van der Waals surface area contributed by atoms with Crippen molar-refractivity contribution in [3.8, 4) is 11.1 Å². The van der Waals surface area contributed by atoms with Crippen LogP contribution in [0.4, 0.5) is 39.5 Å². The van der Waals surface area contributed by atoms with E-state index >= 15 is 0 Å². The monoisotopic (exact) mass is 412 g/mol. The van der Waals surface area contributed by atoms with Gasteiger partial charge in [-0.2, -0.15) is 39.5 Å². The zero-order valence-electron chi connectivity index (χ0n) is 13.6. The van der Waals surface area contributed by atoms with Gasteiger partial charge < -0.3 is 0 Å². The van der Waals surface area contributed by atoms with Crippen LogP contribution in [0.1, 0.15) is 27.0 Å². The summed E-state index contributed by atoms with van der Waals surface area (Å²) in [5, 5.41) is 0. The third kappa shape index (κ3) is 3.59. The van der Waals surface area contributed by atoms with Gasteiger partial charge in [0.25, 0.3) is 0 Å². The first kappa shape index (κ1) is 20.2. The molecule has 28 heavy (non-hydrogen) atoms. The highest BCUT2D eigenvalue weighted by Crippen LogP contribution is 2.44. The maximum atomic E-state index is 13.0. The van der Waals surface area contributed by atoms with Gasteiger partial charge in [0.15, 0.2) is 5.78 Å². The predicted molar refractivity (Wildman–Crippen MR) is 79.5 cm³/mol. The molecule has 0 N–H and O–H groups in total. The third-order valence-electron chi connectivity index (χ3n) is 4.46. The minimum absolute atomic E-state index is 0.0731. The second-order valence-electron chi connectivity index (χ2n) is 6.29. The van der Waals surface area contributed by atoms with Crippen molar-refractivity contribution >= 4 is 5.78 Å². The molecule has 0 saturated carbocycles. The molecule has 1 aliphatic carbocycles. The van der Waals surface area contributed by atoms with E-state index in [-0.39, 0.29) is 22.8 Å². The molecule has 0 amide bonds. The smallest absolute Gasteiger partial charge is 0.293 e. The molecule has 0 heterocycles. The number of hydrogen-bond acceptors (Lipinski definition) is 1. The quantitative estimate of drug-likeness (QED) is 0.502. The number of halogens is 9. The molecule has 1 atom stereocenters. The van der Waals surface area contributed by atoms with Gasteiger partial charge in [-0.25, -0.2) is 0 Å². The number of fused-ring (bicyclic) bond motifs is 1. The topological polar surface area (TPSA) is 17.1 Å². The summed E-state index contributed by atoms with van der Waals surface area (Å²) in [6, 6.07) is 4.08. The zero-order valence-corrected chi connectivity index (χ0v) is 13.6. The highest BCUT2D eigenvalue weighted by Gasteiger charge is 2.49. The number of hydrogen-bond donors (Lipinski definition) is 0. The third-order valence-corrected chi connectivity index (χ3v) is 4.46. The minimum atomic E-state index is -5.10. The summed E-state index contributed by atoms with van der Waals surface area (Å²) in [7, 11) is 0. The molecule has 0 spiro atoms. The predicted octanol–water partition coefficient (Wildman–Crippen LogP) is 6.31. The van der Waals surface area contributed by atoms with Gasteiger partial charge in [0.05, 0.1) is 11.1 Å². The van der Waals surface area contributed by atoms with Gasteiger partial charge in [-0.3, -0.25) is 4.79 Å². The highest BCUT2D eigenvalue weighted by atomic mass is 19.4. The zero-order chi connectivity index (χ0) is 21.1. The Labute approximate surface area is 151 Å². The highest BCUT2D eigenvalue weighted by molar-refractivity contribution is 6.04. The molecular weight excluding hydrogens is 403 g/mol. The standard InChI is InChI=1S/C18H9F9O/c19-16(20,21)9-4-8(5-10(6-9)17(22,23)24)11-2-1-3-12-13(11)7-14(15(12)28)18(25,26)27/h1-6,14H,7H2. The normalized spacial score (nSPS) is 17.8. The van der Waals surface area contributed by atoms with Crippen LogP contribution in [0.25, 0.3) is 11.1 Å². The first-order chi connectivity index (χ1) is 12.7. The summed E-state index contributed by atoms with van der Waals surface area (Å²) < 4.78 is 117. The summed E-state index contributed by atoms with van der Waals surface area (Å²) in [4.78, 5) is 12.0. The van der Waals surface area contributed by atoms with Gasteiger partial charge >= 0.3 is 18.5 Å². The molecule has 0 bridgehead atoms. The first-order valence-electron chi connectivity index (χ1n) is 7.72. The summed E-state index contributed by atoms with van der Waals surface area (Å²) in [6.45, 7) is 0. The Bertz CT molecular complexity index is 903. The average molecular weight is 412 g/mol. The van der Waals surface area contributed by atoms with Crippen LogP contribution in [0.3, 0.4) is 0 Å². The Morgan fingerprint density at radius 3 is 1.71 bits per heavy atom. The van der Waals surface area contributed by atoms with Gasteiger partial charge in [-0.15, -0.1) is 0 Å². The molecule has 0 saturated heterocycles.